The summed E-state index contributed by atoms with van der Waals surface area (Å²) in [7, 11) is -3.33. The van der Waals surface area contributed by atoms with E-state index in [1.54, 1.807) is 25.3 Å². The molecule has 1 fully saturated rings. The van der Waals surface area contributed by atoms with Crippen LogP contribution >= 0.6 is 0 Å². The van der Waals surface area contributed by atoms with Crippen molar-refractivity contribution in [3.05, 3.63) is 53.7 Å². The summed E-state index contributed by atoms with van der Waals surface area (Å²) >= 11 is 0. The van der Waals surface area contributed by atoms with E-state index in [0.717, 1.165) is 5.56 Å². The maximum atomic E-state index is 12.8. The van der Waals surface area contributed by atoms with Crippen molar-refractivity contribution in [2.45, 2.75) is 42.9 Å². The summed E-state index contributed by atoms with van der Waals surface area (Å²) in [4.78, 5) is 22.3. The lowest BCUT2D eigenvalue weighted by atomic mass is 10.1. The monoisotopic (exact) mass is 417 g/mol. The Morgan fingerprint density at radius 3 is 2.52 bits per heavy atom. The lowest BCUT2D eigenvalue weighted by Gasteiger charge is -2.11. The Balaban J connectivity index is 1.86. The molecule has 1 aliphatic carbocycles. The lowest BCUT2D eigenvalue weighted by Crippen LogP contribution is -2.25. The molecule has 0 spiro atoms. The maximum Gasteiger partial charge on any atom is 0.279 e. The number of aliphatic hydroxyl groups excluding tert-OH is 1. The van der Waals surface area contributed by atoms with E-state index >= 15 is 0 Å². The molecule has 0 saturated heterocycles. The van der Waals surface area contributed by atoms with Crippen LogP contribution in [0.4, 0.5) is 5.82 Å². The number of sulfone groups is 1. The molecule has 1 amide bonds. The SMILES string of the molecule is Cc1ccc(NC(=O)/C(=N/O[C@H](C)CO)c2ccc(S(=O)(=O)C3CC3)cc2)nc1. The zero-order valence-electron chi connectivity index (χ0n) is 16.2. The zero-order chi connectivity index (χ0) is 21.0. The van der Waals surface area contributed by atoms with E-state index < -0.39 is 21.8 Å². The van der Waals surface area contributed by atoms with Gasteiger partial charge in [0.15, 0.2) is 15.5 Å². The average Bonchev–Trinajstić information content (AvgIpc) is 3.56. The second kappa shape index (κ2) is 8.71. The third-order valence-electron chi connectivity index (χ3n) is 4.37. The van der Waals surface area contributed by atoms with E-state index in [1.807, 2.05) is 6.92 Å². The van der Waals surface area contributed by atoms with Crippen molar-refractivity contribution in [3.8, 4) is 0 Å². The van der Waals surface area contributed by atoms with Crippen molar-refractivity contribution < 1.29 is 23.2 Å². The normalized spacial score (nSPS) is 15.6. The molecule has 9 heteroatoms. The van der Waals surface area contributed by atoms with Crippen LogP contribution in [0.5, 0.6) is 0 Å². The van der Waals surface area contributed by atoms with Gasteiger partial charge in [-0.25, -0.2) is 13.4 Å². The third kappa shape index (κ3) is 5.18. The molecule has 1 atom stereocenters. The molecule has 0 bridgehead atoms. The Kier molecular flexibility index (Phi) is 6.29. The number of aryl methyl sites for hydroxylation is 1. The van der Waals surface area contributed by atoms with Gasteiger partial charge in [-0.1, -0.05) is 23.4 Å². The number of nitrogens with one attached hydrogen (secondary N) is 1. The van der Waals surface area contributed by atoms with E-state index in [4.69, 9.17) is 9.94 Å². The van der Waals surface area contributed by atoms with Crippen LogP contribution in [0.1, 0.15) is 30.9 Å². The Hall–Kier alpha value is -2.78. The van der Waals surface area contributed by atoms with Gasteiger partial charge < -0.3 is 15.3 Å². The number of rotatable bonds is 8. The van der Waals surface area contributed by atoms with Crippen molar-refractivity contribution >= 4 is 27.3 Å². The summed E-state index contributed by atoms with van der Waals surface area (Å²) < 4.78 is 24.7. The van der Waals surface area contributed by atoms with Crippen molar-refractivity contribution in [2.24, 2.45) is 5.16 Å². The van der Waals surface area contributed by atoms with Crippen molar-refractivity contribution in [2.75, 3.05) is 11.9 Å². The first kappa shape index (κ1) is 20.9. The second-order valence-corrected chi connectivity index (χ2v) is 9.21. The van der Waals surface area contributed by atoms with Gasteiger partial charge >= 0.3 is 0 Å². The first-order valence-electron chi connectivity index (χ1n) is 9.24. The predicted molar refractivity (Wildman–Crippen MR) is 108 cm³/mol. The Bertz CT molecular complexity index is 997. The molecule has 8 nitrogen and oxygen atoms in total. The molecule has 3 rings (SSSR count). The standard InChI is InChI=1S/C20H23N3O5S/c1-13-3-10-18(21-11-13)22-20(25)19(23-28-14(2)12-24)15-4-6-16(7-5-15)29(26,27)17-8-9-17/h3-7,10-11,14,17,24H,8-9,12H2,1-2H3,(H,21,22,25)/b23-19+/t14-/m1/s1. The lowest BCUT2D eigenvalue weighted by molar-refractivity contribution is -0.110. The number of oxime groups is 1. The fourth-order valence-electron chi connectivity index (χ4n) is 2.49. The second-order valence-electron chi connectivity index (χ2n) is 6.98. The molecule has 2 N–H and O–H groups in total. The number of pyridine rings is 1. The van der Waals surface area contributed by atoms with Crippen LogP contribution in [0.25, 0.3) is 0 Å². The predicted octanol–water partition coefficient (Wildman–Crippen LogP) is 2.07. The molecular formula is C20H23N3O5S. The quantitative estimate of drug-likeness (QED) is 0.501. The number of amides is 1. The van der Waals surface area contributed by atoms with Crippen molar-refractivity contribution in [1.29, 1.82) is 0 Å². The van der Waals surface area contributed by atoms with E-state index in [-0.39, 0.29) is 22.5 Å². The van der Waals surface area contributed by atoms with E-state index in [9.17, 15) is 13.2 Å². The highest BCUT2D eigenvalue weighted by Crippen LogP contribution is 2.33. The van der Waals surface area contributed by atoms with E-state index in [2.05, 4.69) is 15.5 Å². The fourth-order valence-corrected chi connectivity index (χ4v) is 4.15. The number of benzene rings is 1. The average molecular weight is 417 g/mol. The summed E-state index contributed by atoms with van der Waals surface area (Å²) in [5, 5.41) is 15.3. The molecule has 0 radical (unpaired) electrons. The van der Waals surface area contributed by atoms with Gasteiger partial charge in [-0.3, -0.25) is 4.79 Å². The molecule has 1 aromatic heterocycles. The molecule has 0 aliphatic heterocycles. The topological polar surface area (TPSA) is 118 Å². The van der Waals surface area contributed by atoms with E-state index in [1.165, 1.54) is 24.3 Å². The fraction of sp³-hybridized carbons (Fsp3) is 0.350. The minimum Gasteiger partial charge on any atom is -0.392 e. The summed E-state index contributed by atoms with van der Waals surface area (Å²) in [6.07, 6.45) is 2.37. The number of aromatic nitrogens is 1. The van der Waals surface area contributed by atoms with Gasteiger partial charge in [0.1, 0.15) is 11.9 Å². The first-order chi connectivity index (χ1) is 13.8. The van der Waals surface area contributed by atoms with Crippen LogP contribution < -0.4 is 5.32 Å². The summed E-state index contributed by atoms with van der Waals surface area (Å²) in [5.74, 6) is -0.222. The molecule has 29 heavy (non-hydrogen) atoms. The van der Waals surface area contributed by atoms with Crippen LogP contribution in [0.15, 0.2) is 52.6 Å². The van der Waals surface area contributed by atoms with Crippen LogP contribution in [0.2, 0.25) is 0 Å². The molecule has 1 saturated carbocycles. The number of carbonyl (C=O) groups excluding carboxylic acids is 1. The maximum absolute atomic E-state index is 12.8. The Morgan fingerprint density at radius 1 is 1.28 bits per heavy atom. The number of carbonyl (C=O) groups is 1. The molecule has 1 aliphatic rings. The molecular weight excluding hydrogens is 394 g/mol. The summed E-state index contributed by atoms with van der Waals surface area (Å²) in [6.45, 7) is 3.22. The van der Waals surface area contributed by atoms with E-state index in [0.29, 0.717) is 24.2 Å². The van der Waals surface area contributed by atoms with Gasteiger partial charge in [0, 0.05) is 11.8 Å². The number of anilines is 1. The number of hydrogen-bond acceptors (Lipinski definition) is 7. The van der Waals surface area contributed by atoms with Gasteiger partial charge in [0.05, 0.1) is 16.8 Å². The summed E-state index contributed by atoms with van der Waals surface area (Å²) in [5.41, 5.74) is 1.28. The Labute approximate surface area is 169 Å². The van der Waals surface area contributed by atoms with Crippen LogP contribution in [-0.4, -0.2) is 48.1 Å². The van der Waals surface area contributed by atoms with Crippen molar-refractivity contribution in [1.82, 2.24) is 4.98 Å². The highest BCUT2D eigenvalue weighted by Gasteiger charge is 2.36. The number of aliphatic hydroxyl groups is 1. The minimum absolute atomic E-state index is 0.0527. The van der Waals surface area contributed by atoms with Crippen LogP contribution in [0.3, 0.4) is 0 Å². The number of nitrogens with zero attached hydrogens (tertiary/aromatic N) is 2. The molecule has 1 aromatic carbocycles. The van der Waals surface area contributed by atoms with Crippen molar-refractivity contribution in [3.63, 3.8) is 0 Å². The highest BCUT2D eigenvalue weighted by molar-refractivity contribution is 7.92. The van der Waals surface area contributed by atoms with Crippen LogP contribution in [-0.2, 0) is 19.5 Å². The zero-order valence-corrected chi connectivity index (χ0v) is 17.0. The van der Waals surface area contributed by atoms with Crippen LogP contribution in [0, 0.1) is 6.92 Å². The number of hydrogen-bond donors (Lipinski definition) is 2. The van der Waals surface area contributed by atoms with Gasteiger partial charge in [-0.05, 0) is 50.5 Å². The summed E-state index contributed by atoms with van der Waals surface area (Å²) in [6, 6.07) is 9.43. The molecule has 154 valence electrons. The molecule has 1 heterocycles. The molecule has 0 unspecified atom stereocenters. The van der Waals surface area contributed by atoms with Gasteiger partial charge in [-0.15, -0.1) is 0 Å². The smallest absolute Gasteiger partial charge is 0.279 e. The van der Waals surface area contributed by atoms with Gasteiger partial charge in [0.25, 0.3) is 5.91 Å². The van der Waals surface area contributed by atoms with Gasteiger partial charge in [-0.2, -0.15) is 0 Å². The van der Waals surface area contributed by atoms with Gasteiger partial charge in [0.2, 0.25) is 0 Å². The minimum atomic E-state index is -3.33. The molecule has 2 aromatic rings. The third-order valence-corrected chi connectivity index (χ3v) is 6.65. The highest BCUT2D eigenvalue weighted by atomic mass is 32.2. The Morgan fingerprint density at radius 2 is 1.97 bits per heavy atom. The largest absolute Gasteiger partial charge is 0.392 e. The first-order valence-corrected chi connectivity index (χ1v) is 10.8.